The molecule has 39 heavy (non-hydrogen) atoms. The first kappa shape index (κ1) is 31.0. The van der Waals surface area contributed by atoms with Crippen LogP contribution in [-0.4, -0.2) is 65.1 Å². The number of alkyl carbamates (subject to hydrolysis) is 1. The molecule has 0 saturated carbocycles. The van der Waals surface area contributed by atoms with Crippen LogP contribution in [0.2, 0.25) is 0 Å². The molecule has 0 aromatic heterocycles. The maximum Gasteiger partial charge on any atom is 0.408 e. The molecule has 12 nitrogen and oxygen atoms in total. The summed E-state index contributed by atoms with van der Waals surface area (Å²) in [6.45, 7) is 1.42. The molecule has 0 aliphatic heterocycles. The van der Waals surface area contributed by atoms with E-state index in [2.05, 4.69) is 26.8 Å². The molecule has 13 heteroatoms. The van der Waals surface area contributed by atoms with Gasteiger partial charge < -0.3 is 25.8 Å². The molecule has 0 spiro atoms. The third-order valence-corrected chi connectivity index (χ3v) is 6.01. The van der Waals surface area contributed by atoms with Crippen molar-refractivity contribution in [3.8, 4) is 0 Å². The van der Waals surface area contributed by atoms with Gasteiger partial charge in [-0.25, -0.2) is 19.8 Å². The minimum absolute atomic E-state index is 0.0319. The molecule has 0 bridgehead atoms. The molecule has 0 fully saturated rings. The van der Waals surface area contributed by atoms with Gasteiger partial charge in [-0.2, -0.15) is 11.8 Å². The molecule has 0 radical (unpaired) electrons. The van der Waals surface area contributed by atoms with Gasteiger partial charge in [0, 0.05) is 6.42 Å². The number of carbonyl (C=O) groups is 5. The maximum absolute atomic E-state index is 12.8. The zero-order chi connectivity index (χ0) is 28.6. The fourth-order valence-electron chi connectivity index (χ4n) is 3.26. The fraction of sp³-hybridized carbons (Fsp3) is 0.346. The summed E-state index contributed by atoms with van der Waals surface area (Å²) in [7, 11) is 0. The molecule has 0 aliphatic rings. The standard InChI is InChI=1S/C26H33N5O7S/c1-17(22(32)30-31-25(36)28-21(24(34)35)15-18-9-5-3-6-10-18)27-23(33)20(13-14-39-2)29-26(37)38-16-19-11-7-4-8-12-19/h3-12,17,20-21H,13-16H2,1-2H3,(H,27,33)(H,29,37)(H,30,32)(H,34,35)(H2,28,31,36)/t17-,20-,21-/m0/s1. The van der Waals surface area contributed by atoms with Crippen LogP contribution in [0.5, 0.6) is 0 Å². The quantitative estimate of drug-likeness (QED) is 0.201. The Morgan fingerprint density at radius 3 is 2.03 bits per heavy atom. The van der Waals surface area contributed by atoms with E-state index in [1.807, 2.05) is 24.5 Å². The van der Waals surface area contributed by atoms with Gasteiger partial charge in [0.25, 0.3) is 5.91 Å². The highest BCUT2D eigenvalue weighted by Crippen LogP contribution is 2.05. The van der Waals surface area contributed by atoms with Crippen LogP contribution >= 0.6 is 11.8 Å². The van der Waals surface area contributed by atoms with Crippen molar-refractivity contribution < 1.29 is 33.8 Å². The van der Waals surface area contributed by atoms with Crippen LogP contribution in [-0.2, 0) is 32.1 Å². The van der Waals surface area contributed by atoms with E-state index in [9.17, 15) is 29.1 Å². The van der Waals surface area contributed by atoms with Gasteiger partial charge in [0.15, 0.2) is 0 Å². The van der Waals surface area contributed by atoms with Crippen molar-refractivity contribution >= 4 is 41.7 Å². The Morgan fingerprint density at radius 2 is 1.44 bits per heavy atom. The van der Waals surface area contributed by atoms with E-state index in [0.717, 1.165) is 5.56 Å². The number of thioether (sulfide) groups is 1. The second-order valence-electron chi connectivity index (χ2n) is 8.44. The van der Waals surface area contributed by atoms with Gasteiger partial charge in [-0.3, -0.25) is 15.0 Å². The average Bonchev–Trinajstić information content (AvgIpc) is 2.93. The summed E-state index contributed by atoms with van der Waals surface area (Å²) < 4.78 is 5.18. The van der Waals surface area contributed by atoms with Crippen molar-refractivity contribution in [2.75, 3.05) is 12.0 Å². The SMILES string of the molecule is CSCC[C@H](NC(=O)OCc1ccccc1)C(=O)N[C@@H](C)C(=O)NNC(=O)N[C@@H](Cc1ccccc1)C(=O)O. The third-order valence-electron chi connectivity index (χ3n) is 5.37. The highest BCUT2D eigenvalue weighted by Gasteiger charge is 2.25. The second-order valence-corrected chi connectivity index (χ2v) is 9.42. The van der Waals surface area contributed by atoms with Gasteiger partial charge in [-0.15, -0.1) is 0 Å². The Kier molecular flexibility index (Phi) is 13.1. The summed E-state index contributed by atoms with van der Waals surface area (Å²) in [4.78, 5) is 61.1. The van der Waals surface area contributed by atoms with Crippen molar-refractivity contribution in [3.63, 3.8) is 0 Å². The molecule has 6 N–H and O–H groups in total. The molecule has 5 amide bonds. The Labute approximate surface area is 230 Å². The molecular weight excluding hydrogens is 526 g/mol. The van der Waals surface area contributed by atoms with Crippen molar-refractivity contribution in [2.24, 2.45) is 0 Å². The summed E-state index contributed by atoms with van der Waals surface area (Å²) in [5.41, 5.74) is 5.70. The van der Waals surface area contributed by atoms with E-state index >= 15 is 0 Å². The molecule has 210 valence electrons. The number of aliphatic carboxylic acids is 1. The summed E-state index contributed by atoms with van der Waals surface area (Å²) in [5.74, 6) is -2.05. The Morgan fingerprint density at radius 1 is 0.821 bits per heavy atom. The van der Waals surface area contributed by atoms with Gasteiger partial charge in [0.2, 0.25) is 5.91 Å². The van der Waals surface area contributed by atoms with Gasteiger partial charge in [0.1, 0.15) is 24.7 Å². The molecule has 0 heterocycles. The van der Waals surface area contributed by atoms with Crippen LogP contribution < -0.4 is 26.8 Å². The lowest BCUT2D eigenvalue weighted by molar-refractivity contribution is -0.139. The van der Waals surface area contributed by atoms with E-state index in [1.165, 1.54) is 18.7 Å². The molecule has 0 aliphatic carbocycles. The lowest BCUT2D eigenvalue weighted by Gasteiger charge is -2.21. The van der Waals surface area contributed by atoms with E-state index < -0.39 is 48.0 Å². The van der Waals surface area contributed by atoms with Crippen LogP contribution in [0.15, 0.2) is 60.7 Å². The van der Waals surface area contributed by atoms with Crippen molar-refractivity contribution in [1.29, 1.82) is 0 Å². The topological polar surface area (TPSA) is 175 Å². The number of carboxylic acids is 1. The van der Waals surface area contributed by atoms with E-state index in [4.69, 9.17) is 4.74 Å². The molecule has 2 aromatic carbocycles. The summed E-state index contributed by atoms with van der Waals surface area (Å²) in [6, 6.07) is 13.6. The Balaban J connectivity index is 1.83. The molecular formula is C26H33N5O7S. The molecule has 0 saturated heterocycles. The molecule has 0 unspecified atom stereocenters. The first-order chi connectivity index (χ1) is 18.7. The minimum Gasteiger partial charge on any atom is -0.480 e. The first-order valence-electron chi connectivity index (χ1n) is 12.1. The number of hydrogen-bond donors (Lipinski definition) is 6. The van der Waals surface area contributed by atoms with Crippen LogP contribution in [0.1, 0.15) is 24.5 Å². The number of ether oxygens (including phenoxy) is 1. The predicted molar refractivity (Wildman–Crippen MR) is 146 cm³/mol. The van der Waals surface area contributed by atoms with Crippen molar-refractivity contribution in [1.82, 2.24) is 26.8 Å². The zero-order valence-corrected chi connectivity index (χ0v) is 22.5. The number of nitrogens with one attached hydrogen (secondary N) is 5. The number of rotatable bonds is 13. The summed E-state index contributed by atoms with van der Waals surface area (Å²) in [6.07, 6.45) is 1.41. The van der Waals surface area contributed by atoms with Crippen LogP contribution in [0.3, 0.4) is 0 Å². The first-order valence-corrected chi connectivity index (χ1v) is 13.5. The van der Waals surface area contributed by atoms with Crippen LogP contribution in [0.25, 0.3) is 0 Å². The van der Waals surface area contributed by atoms with Crippen LogP contribution in [0, 0.1) is 0 Å². The molecule has 3 atom stereocenters. The number of benzene rings is 2. The lowest BCUT2D eigenvalue weighted by Crippen LogP contribution is -2.57. The van der Waals surface area contributed by atoms with E-state index in [0.29, 0.717) is 17.7 Å². The lowest BCUT2D eigenvalue weighted by atomic mass is 10.1. The van der Waals surface area contributed by atoms with Gasteiger partial charge in [-0.05, 0) is 36.5 Å². The van der Waals surface area contributed by atoms with Crippen molar-refractivity contribution in [3.05, 3.63) is 71.8 Å². The number of urea groups is 1. The van der Waals surface area contributed by atoms with E-state index in [1.54, 1.807) is 42.5 Å². The predicted octanol–water partition coefficient (Wildman–Crippen LogP) is 1.57. The molecule has 2 rings (SSSR count). The van der Waals surface area contributed by atoms with Gasteiger partial charge >= 0.3 is 18.1 Å². The highest BCUT2D eigenvalue weighted by atomic mass is 32.2. The second kappa shape index (κ2) is 16.6. The largest absolute Gasteiger partial charge is 0.480 e. The number of carboxylic acid groups (broad SMARTS) is 1. The minimum atomic E-state index is -1.24. The summed E-state index contributed by atoms with van der Waals surface area (Å²) in [5, 5.41) is 16.7. The summed E-state index contributed by atoms with van der Waals surface area (Å²) >= 11 is 1.48. The maximum atomic E-state index is 12.8. The van der Waals surface area contributed by atoms with Crippen molar-refractivity contribution in [2.45, 2.75) is 44.5 Å². The number of hydrogen-bond acceptors (Lipinski definition) is 7. The monoisotopic (exact) mass is 559 g/mol. The number of hydrazine groups is 1. The number of carbonyl (C=O) groups excluding carboxylic acids is 4. The Hall–Kier alpha value is -4.26. The number of amides is 5. The van der Waals surface area contributed by atoms with Gasteiger partial charge in [0.05, 0.1) is 0 Å². The zero-order valence-electron chi connectivity index (χ0n) is 21.6. The normalized spacial score (nSPS) is 12.7. The highest BCUT2D eigenvalue weighted by molar-refractivity contribution is 7.98. The average molecular weight is 560 g/mol. The Bertz CT molecular complexity index is 1100. The smallest absolute Gasteiger partial charge is 0.408 e. The molecule has 2 aromatic rings. The third kappa shape index (κ3) is 11.8. The van der Waals surface area contributed by atoms with Crippen LogP contribution in [0.4, 0.5) is 9.59 Å². The van der Waals surface area contributed by atoms with Gasteiger partial charge in [-0.1, -0.05) is 60.7 Å². The fourth-order valence-corrected chi connectivity index (χ4v) is 3.73. The van der Waals surface area contributed by atoms with E-state index in [-0.39, 0.29) is 13.0 Å².